The van der Waals surface area contributed by atoms with E-state index in [-0.39, 0.29) is 5.91 Å². The van der Waals surface area contributed by atoms with E-state index in [9.17, 15) is 4.79 Å². The van der Waals surface area contributed by atoms with E-state index in [2.05, 4.69) is 10.4 Å². The van der Waals surface area contributed by atoms with Gasteiger partial charge >= 0.3 is 0 Å². The van der Waals surface area contributed by atoms with Crippen LogP contribution in [0.1, 0.15) is 21.6 Å². The Balaban J connectivity index is 1.95. The fraction of sp³-hybridized carbons (Fsp3) is 0.231. The summed E-state index contributed by atoms with van der Waals surface area (Å²) in [4.78, 5) is 11.8. The SMILES string of the molecule is Cn1nccc1C(=O)NCc1ccc(CN)cc1. The molecule has 0 fully saturated rings. The second kappa shape index (κ2) is 5.46. The highest BCUT2D eigenvalue weighted by atomic mass is 16.2. The third-order valence-electron chi connectivity index (χ3n) is 2.77. The number of nitrogens with one attached hydrogen (secondary N) is 1. The van der Waals surface area contributed by atoms with Crippen molar-refractivity contribution in [2.24, 2.45) is 12.8 Å². The first-order chi connectivity index (χ1) is 8.70. The molecule has 94 valence electrons. The van der Waals surface area contributed by atoms with E-state index >= 15 is 0 Å². The molecule has 2 rings (SSSR count). The predicted octanol–water partition coefficient (Wildman–Crippen LogP) is 0.809. The van der Waals surface area contributed by atoms with Crippen molar-refractivity contribution in [2.75, 3.05) is 0 Å². The summed E-state index contributed by atoms with van der Waals surface area (Å²) in [5, 5.41) is 6.81. The lowest BCUT2D eigenvalue weighted by atomic mass is 10.1. The van der Waals surface area contributed by atoms with Crippen LogP contribution in [0.5, 0.6) is 0 Å². The first-order valence-electron chi connectivity index (χ1n) is 5.75. The summed E-state index contributed by atoms with van der Waals surface area (Å²) in [7, 11) is 1.74. The average molecular weight is 244 g/mol. The standard InChI is InChI=1S/C13H16N4O/c1-17-12(6-7-16-17)13(18)15-9-11-4-2-10(8-14)3-5-11/h2-7H,8-9,14H2,1H3,(H,15,18). The van der Waals surface area contributed by atoms with Crippen LogP contribution in [0, 0.1) is 0 Å². The molecule has 5 heteroatoms. The Morgan fingerprint density at radius 2 is 1.94 bits per heavy atom. The van der Waals surface area contributed by atoms with Crippen LogP contribution in [-0.4, -0.2) is 15.7 Å². The molecule has 1 amide bonds. The third-order valence-corrected chi connectivity index (χ3v) is 2.77. The Bertz CT molecular complexity index is 530. The van der Waals surface area contributed by atoms with Crippen molar-refractivity contribution in [3.05, 3.63) is 53.3 Å². The first-order valence-corrected chi connectivity index (χ1v) is 5.75. The molecule has 0 saturated heterocycles. The number of nitrogens with zero attached hydrogens (tertiary/aromatic N) is 2. The van der Waals surface area contributed by atoms with Gasteiger partial charge in [0.25, 0.3) is 5.91 Å². The number of nitrogens with two attached hydrogens (primary N) is 1. The van der Waals surface area contributed by atoms with E-state index in [4.69, 9.17) is 5.73 Å². The van der Waals surface area contributed by atoms with E-state index in [1.807, 2.05) is 24.3 Å². The molecule has 0 saturated carbocycles. The van der Waals surface area contributed by atoms with Gasteiger partial charge in [0.05, 0.1) is 0 Å². The van der Waals surface area contributed by atoms with Gasteiger partial charge in [0, 0.05) is 26.3 Å². The van der Waals surface area contributed by atoms with Crippen molar-refractivity contribution in [1.29, 1.82) is 0 Å². The van der Waals surface area contributed by atoms with Crippen molar-refractivity contribution in [3.8, 4) is 0 Å². The maximum Gasteiger partial charge on any atom is 0.269 e. The summed E-state index contributed by atoms with van der Waals surface area (Å²) in [5.74, 6) is -0.127. The van der Waals surface area contributed by atoms with Crippen LogP contribution in [0.25, 0.3) is 0 Å². The summed E-state index contributed by atoms with van der Waals surface area (Å²) in [6.45, 7) is 1.02. The zero-order chi connectivity index (χ0) is 13.0. The number of hydrogen-bond acceptors (Lipinski definition) is 3. The van der Waals surface area contributed by atoms with E-state index in [1.165, 1.54) is 0 Å². The van der Waals surface area contributed by atoms with Gasteiger partial charge in [-0.05, 0) is 17.2 Å². The molecule has 1 aromatic carbocycles. The fourth-order valence-corrected chi connectivity index (χ4v) is 1.66. The highest BCUT2D eigenvalue weighted by Gasteiger charge is 2.08. The van der Waals surface area contributed by atoms with Gasteiger partial charge in [-0.2, -0.15) is 5.10 Å². The van der Waals surface area contributed by atoms with Gasteiger partial charge in [-0.25, -0.2) is 0 Å². The third kappa shape index (κ3) is 2.75. The summed E-state index contributed by atoms with van der Waals surface area (Å²) in [5.41, 5.74) is 8.20. The lowest BCUT2D eigenvalue weighted by Gasteiger charge is -2.06. The molecule has 0 unspecified atom stereocenters. The Morgan fingerprint density at radius 3 is 2.50 bits per heavy atom. The van der Waals surface area contributed by atoms with Crippen LogP contribution in [0.2, 0.25) is 0 Å². The number of aryl methyl sites for hydroxylation is 1. The number of benzene rings is 1. The lowest BCUT2D eigenvalue weighted by molar-refractivity contribution is 0.0941. The monoisotopic (exact) mass is 244 g/mol. The Labute approximate surface area is 106 Å². The van der Waals surface area contributed by atoms with Crippen LogP contribution in [0.15, 0.2) is 36.5 Å². The average Bonchev–Trinajstić information content (AvgIpc) is 2.83. The van der Waals surface area contributed by atoms with Gasteiger partial charge in [-0.1, -0.05) is 24.3 Å². The molecule has 1 aromatic heterocycles. The van der Waals surface area contributed by atoms with E-state index < -0.39 is 0 Å². The van der Waals surface area contributed by atoms with E-state index in [0.29, 0.717) is 18.8 Å². The molecule has 0 radical (unpaired) electrons. The molecule has 0 atom stereocenters. The predicted molar refractivity (Wildman–Crippen MR) is 68.7 cm³/mol. The molecular weight excluding hydrogens is 228 g/mol. The van der Waals surface area contributed by atoms with Gasteiger partial charge in [-0.3, -0.25) is 9.48 Å². The van der Waals surface area contributed by atoms with Gasteiger partial charge in [0.1, 0.15) is 5.69 Å². The smallest absolute Gasteiger partial charge is 0.269 e. The number of aromatic nitrogens is 2. The maximum atomic E-state index is 11.8. The Morgan fingerprint density at radius 1 is 1.28 bits per heavy atom. The minimum Gasteiger partial charge on any atom is -0.347 e. The van der Waals surface area contributed by atoms with Crippen LogP contribution < -0.4 is 11.1 Å². The van der Waals surface area contributed by atoms with Crippen molar-refractivity contribution < 1.29 is 4.79 Å². The Hall–Kier alpha value is -2.14. The topological polar surface area (TPSA) is 72.9 Å². The summed E-state index contributed by atoms with van der Waals surface area (Å²) >= 11 is 0. The minimum absolute atomic E-state index is 0.127. The largest absolute Gasteiger partial charge is 0.347 e. The quantitative estimate of drug-likeness (QED) is 0.836. The molecular formula is C13H16N4O. The number of carbonyl (C=O) groups excluding carboxylic acids is 1. The zero-order valence-electron chi connectivity index (χ0n) is 10.3. The second-order valence-electron chi connectivity index (χ2n) is 4.04. The number of hydrogen-bond donors (Lipinski definition) is 2. The highest BCUT2D eigenvalue weighted by molar-refractivity contribution is 5.92. The molecule has 18 heavy (non-hydrogen) atoms. The second-order valence-corrected chi connectivity index (χ2v) is 4.04. The summed E-state index contributed by atoms with van der Waals surface area (Å²) in [6, 6.07) is 9.54. The minimum atomic E-state index is -0.127. The van der Waals surface area contributed by atoms with E-state index in [0.717, 1.165) is 11.1 Å². The van der Waals surface area contributed by atoms with Crippen molar-refractivity contribution in [2.45, 2.75) is 13.1 Å². The van der Waals surface area contributed by atoms with Crippen molar-refractivity contribution in [3.63, 3.8) is 0 Å². The molecule has 2 aromatic rings. The van der Waals surface area contributed by atoms with Crippen LogP contribution in [-0.2, 0) is 20.1 Å². The molecule has 0 aliphatic heterocycles. The van der Waals surface area contributed by atoms with Gasteiger partial charge in [0.15, 0.2) is 0 Å². The lowest BCUT2D eigenvalue weighted by Crippen LogP contribution is -2.25. The molecule has 0 spiro atoms. The zero-order valence-corrected chi connectivity index (χ0v) is 10.3. The molecule has 1 heterocycles. The maximum absolute atomic E-state index is 11.8. The van der Waals surface area contributed by atoms with E-state index in [1.54, 1.807) is 24.0 Å². The van der Waals surface area contributed by atoms with Crippen molar-refractivity contribution >= 4 is 5.91 Å². The normalized spacial score (nSPS) is 10.3. The number of amides is 1. The molecule has 5 nitrogen and oxygen atoms in total. The highest BCUT2D eigenvalue weighted by Crippen LogP contribution is 2.04. The van der Waals surface area contributed by atoms with Crippen LogP contribution >= 0.6 is 0 Å². The van der Waals surface area contributed by atoms with Crippen LogP contribution in [0.3, 0.4) is 0 Å². The van der Waals surface area contributed by atoms with Crippen LogP contribution in [0.4, 0.5) is 0 Å². The fourth-order valence-electron chi connectivity index (χ4n) is 1.66. The number of rotatable bonds is 4. The first kappa shape index (κ1) is 12.3. The molecule has 3 N–H and O–H groups in total. The van der Waals surface area contributed by atoms with Gasteiger partial charge < -0.3 is 11.1 Å². The van der Waals surface area contributed by atoms with Gasteiger partial charge in [-0.15, -0.1) is 0 Å². The molecule has 0 aliphatic rings. The molecule has 0 aliphatic carbocycles. The number of carbonyl (C=O) groups is 1. The van der Waals surface area contributed by atoms with Crippen molar-refractivity contribution in [1.82, 2.24) is 15.1 Å². The Kier molecular flexibility index (Phi) is 3.74. The van der Waals surface area contributed by atoms with Gasteiger partial charge in [0.2, 0.25) is 0 Å². The molecule has 0 bridgehead atoms. The summed E-state index contributed by atoms with van der Waals surface area (Å²) < 4.78 is 1.55. The summed E-state index contributed by atoms with van der Waals surface area (Å²) in [6.07, 6.45) is 1.60.